The average molecular weight is 286 g/mol. The van der Waals surface area contributed by atoms with Gasteiger partial charge < -0.3 is 10.1 Å². The van der Waals surface area contributed by atoms with Crippen molar-refractivity contribution < 1.29 is 4.74 Å². The molecule has 1 heterocycles. The number of benzene rings is 1. The molecule has 1 N–H and O–H groups in total. The van der Waals surface area contributed by atoms with Crippen LogP contribution in [0.15, 0.2) is 36.9 Å². The minimum absolute atomic E-state index is 0.452. The molecule has 1 aliphatic carbocycles. The molecule has 112 valence electrons. The van der Waals surface area contributed by atoms with E-state index in [9.17, 15) is 0 Å². The summed E-state index contributed by atoms with van der Waals surface area (Å²) in [5, 5.41) is 7.74. The first kappa shape index (κ1) is 14.1. The van der Waals surface area contributed by atoms with Gasteiger partial charge in [0.15, 0.2) is 0 Å². The topological polar surface area (TPSA) is 52.0 Å². The summed E-state index contributed by atoms with van der Waals surface area (Å²) in [4.78, 5) is 3.96. The fourth-order valence-electron chi connectivity index (χ4n) is 2.89. The Morgan fingerprint density at radius 2 is 1.95 bits per heavy atom. The van der Waals surface area contributed by atoms with Crippen molar-refractivity contribution >= 4 is 5.69 Å². The van der Waals surface area contributed by atoms with E-state index in [1.807, 2.05) is 11.8 Å². The number of anilines is 1. The molecule has 0 radical (unpaired) electrons. The maximum absolute atomic E-state index is 5.41. The molecular weight excluding hydrogens is 264 g/mol. The van der Waals surface area contributed by atoms with Crippen LogP contribution in [0.2, 0.25) is 0 Å². The summed E-state index contributed by atoms with van der Waals surface area (Å²) in [6, 6.07) is 9.15. The average Bonchev–Trinajstić information content (AvgIpc) is 3.03. The highest BCUT2D eigenvalue weighted by Crippen LogP contribution is 2.24. The highest BCUT2D eigenvalue weighted by atomic mass is 16.5. The molecule has 21 heavy (non-hydrogen) atoms. The van der Waals surface area contributed by atoms with Crippen LogP contribution in [0, 0.1) is 0 Å². The zero-order valence-electron chi connectivity index (χ0n) is 12.4. The molecule has 3 rings (SSSR count). The van der Waals surface area contributed by atoms with Gasteiger partial charge in [-0.25, -0.2) is 9.67 Å². The van der Waals surface area contributed by atoms with Gasteiger partial charge in [-0.1, -0.05) is 12.1 Å². The Bertz CT molecular complexity index is 530. The Balaban J connectivity index is 1.53. The molecule has 2 aromatic rings. The highest BCUT2D eigenvalue weighted by Gasteiger charge is 2.20. The SMILES string of the molecule is COC1CCC(Nc2ccc(Cn3cncn3)cc2)CC1. The third-order valence-corrected chi connectivity index (χ3v) is 4.14. The third-order valence-electron chi connectivity index (χ3n) is 4.14. The lowest BCUT2D eigenvalue weighted by Gasteiger charge is -2.29. The number of rotatable bonds is 5. The number of hydrogen-bond donors (Lipinski definition) is 1. The van der Waals surface area contributed by atoms with Crippen molar-refractivity contribution in [3.63, 3.8) is 0 Å². The predicted octanol–water partition coefficient (Wildman–Crippen LogP) is 2.70. The maximum Gasteiger partial charge on any atom is 0.137 e. The molecule has 1 aromatic carbocycles. The van der Waals surface area contributed by atoms with Crippen LogP contribution >= 0.6 is 0 Å². The minimum Gasteiger partial charge on any atom is -0.382 e. The summed E-state index contributed by atoms with van der Waals surface area (Å²) in [5.41, 5.74) is 2.42. The van der Waals surface area contributed by atoms with Gasteiger partial charge in [-0.3, -0.25) is 0 Å². The molecule has 1 fully saturated rings. The first-order valence-corrected chi connectivity index (χ1v) is 7.54. The summed E-state index contributed by atoms with van der Waals surface area (Å²) >= 11 is 0. The largest absolute Gasteiger partial charge is 0.382 e. The van der Waals surface area contributed by atoms with Crippen LogP contribution in [0.25, 0.3) is 0 Å². The zero-order chi connectivity index (χ0) is 14.5. The Kier molecular flexibility index (Phi) is 4.50. The second-order valence-electron chi connectivity index (χ2n) is 5.64. The first-order valence-electron chi connectivity index (χ1n) is 7.54. The summed E-state index contributed by atoms with van der Waals surface area (Å²) < 4.78 is 7.24. The summed E-state index contributed by atoms with van der Waals surface area (Å²) in [7, 11) is 1.81. The second kappa shape index (κ2) is 6.72. The minimum atomic E-state index is 0.452. The van der Waals surface area contributed by atoms with E-state index in [0.717, 1.165) is 19.4 Å². The Morgan fingerprint density at radius 1 is 1.19 bits per heavy atom. The van der Waals surface area contributed by atoms with Gasteiger partial charge in [-0.05, 0) is 43.4 Å². The van der Waals surface area contributed by atoms with Crippen molar-refractivity contribution in [2.45, 2.75) is 44.4 Å². The summed E-state index contributed by atoms with van der Waals surface area (Å²) in [6.45, 7) is 0.763. The maximum atomic E-state index is 5.41. The standard InChI is InChI=1S/C16H22N4O/c1-21-16-8-6-15(7-9-16)19-14-4-2-13(3-5-14)10-20-12-17-11-18-20/h2-5,11-12,15-16,19H,6-10H2,1H3. The predicted molar refractivity (Wildman–Crippen MR) is 82.2 cm³/mol. The van der Waals surface area contributed by atoms with Crippen molar-refractivity contribution in [2.24, 2.45) is 0 Å². The van der Waals surface area contributed by atoms with E-state index in [2.05, 4.69) is 39.7 Å². The van der Waals surface area contributed by atoms with E-state index in [-0.39, 0.29) is 0 Å². The van der Waals surface area contributed by atoms with Crippen molar-refractivity contribution in [2.75, 3.05) is 12.4 Å². The van der Waals surface area contributed by atoms with Crippen LogP contribution in [0.4, 0.5) is 5.69 Å². The number of nitrogens with zero attached hydrogens (tertiary/aromatic N) is 3. The normalized spacial score (nSPS) is 22.1. The lowest BCUT2D eigenvalue weighted by Crippen LogP contribution is -2.29. The van der Waals surface area contributed by atoms with Gasteiger partial charge in [-0.15, -0.1) is 0 Å². The van der Waals surface area contributed by atoms with E-state index in [1.165, 1.54) is 24.1 Å². The van der Waals surface area contributed by atoms with Crippen molar-refractivity contribution in [1.29, 1.82) is 0 Å². The number of methoxy groups -OCH3 is 1. The molecule has 0 spiro atoms. The molecular formula is C16H22N4O. The second-order valence-corrected chi connectivity index (χ2v) is 5.64. The molecule has 1 aromatic heterocycles. The van der Waals surface area contributed by atoms with E-state index in [4.69, 9.17) is 4.74 Å². The van der Waals surface area contributed by atoms with Gasteiger partial charge in [0.05, 0.1) is 12.6 Å². The van der Waals surface area contributed by atoms with Crippen LogP contribution < -0.4 is 5.32 Å². The molecule has 0 atom stereocenters. The van der Waals surface area contributed by atoms with Crippen LogP contribution in [0.3, 0.4) is 0 Å². The monoisotopic (exact) mass is 286 g/mol. The molecule has 0 aliphatic heterocycles. The van der Waals surface area contributed by atoms with E-state index in [0.29, 0.717) is 12.1 Å². The van der Waals surface area contributed by atoms with Crippen LogP contribution in [0.1, 0.15) is 31.2 Å². The molecule has 1 aliphatic rings. The molecule has 0 saturated heterocycles. The molecule has 1 saturated carbocycles. The van der Waals surface area contributed by atoms with Crippen LogP contribution in [-0.4, -0.2) is 34.0 Å². The number of aromatic nitrogens is 3. The van der Waals surface area contributed by atoms with Gasteiger partial charge in [0.1, 0.15) is 12.7 Å². The lowest BCUT2D eigenvalue weighted by molar-refractivity contribution is 0.0682. The first-order chi connectivity index (χ1) is 10.3. The summed E-state index contributed by atoms with van der Waals surface area (Å²) in [5.74, 6) is 0. The van der Waals surface area contributed by atoms with Gasteiger partial charge in [0.25, 0.3) is 0 Å². The van der Waals surface area contributed by atoms with E-state index in [1.54, 1.807) is 12.7 Å². The third kappa shape index (κ3) is 3.82. The van der Waals surface area contributed by atoms with Gasteiger partial charge in [-0.2, -0.15) is 5.10 Å². The van der Waals surface area contributed by atoms with Gasteiger partial charge in [0.2, 0.25) is 0 Å². The smallest absolute Gasteiger partial charge is 0.137 e. The number of hydrogen-bond acceptors (Lipinski definition) is 4. The van der Waals surface area contributed by atoms with Gasteiger partial charge in [0, 0.05) is 18.8 Å². The fraction of sp³-hybridized carbons (Fsp3) is 0.500. The quantitative estimate of drug-likeness (QED) is 0.918. The summed E-state index contributed by atoms with van der Waals surface area (Å²) in [6.07, 6.45) is 8.41. The highest BCUT2D eigenvalue weighted by molar-refractivity contribution is 5.45. The van der Waals surface area contributed by atoms with Crippen molar-refractivity contribution in [3.05, 3.63) is 42.5 Å². The van der Waals surface area contributed by atoms with Gasteiger partial charge >= 0.3 is 0 Å². The van der Waals surface area contributed by atoms with Crippen molar-refractivity contribution in [3.8, 4) is 0 Å². The number of ether oxygens (including phenoxy) is 1. The molecule has 0 unspecified atom stereocenters. The molecule has 5 heteroatoms. The van der Waals surface area contributed by atoms with Crippen LogP contribution in [-0.2, 0) is 11.3 Å². The Hall–Kier alpha value is -1.88. The molecule has 0 amide bonds. The van der Waals surface area contributed by atoms with Crippen molar-refractivity contribution in [1.82, 2.24) is 14.8 Å². The number of nitrogens with one attached hydrogen (secondary N) is 1. The zero-order valence-corrected chi connectivity index (χ0v) is 12.4. The molecule has 0 bridgehead atoms. The van der Waals surface area contributed by atoms with E-state index >= 15 is 0 Å². The molecule has 5 nitrogen and oxygen atoms in total. The Morgan fingerprint density at radius 3 is 2.57 bits per heavy atom. The lowest BCUT2D eigenvalue weighted by atomic mass is 9.93. The van der Waals surface area contributed by atoms with Crippen LogP contribution in [0.5, 0.6) is 0 Å². The fourth-order valence-corrected chi connectivity index (χ4v) is 2.89. The van der Waals surface area contributed by atoms with E-state index < -0.39 is 0 Å². The Labute approximate surface area is 125 Å².